The number of methoxy groups -OCH3 is 1. The number of hydrogen-bond donors (Lipinski definition) is 0. The summed E-state index contributed by atoms with van der Waals surface area (Å²) in [4.78, 5) is 13.5. The first-order valence-corrected chi connectivity index (χ1v) is 5.12. The van der Waals surface area contributed by atoms with Crippen molar-refractivity contribution in [3.05, 3.63) is 0 Å². The van der Waals surface area contributed by atoms with Crippen molar-refractivity contribution in [3.63, 3.8) is 0 Å². The van der Waals surface area contributed by atoms with Gasteiger partial charge in [0.2, 0.25) is 0 Å². The summed E-state index contributed by atoms with van der Waals surface area (Å²) in [6.45, 7) is 0. The molecule has 70 valence electrons. The van der Waals surface area contributed by atoms with E-state index in [0.717, 1.165) is 17.9 Å². The van der Waals surface area contributed by atoms with E-state index >= 15 is 0 Å². The lowest BCUT2D eigenvalue weighted by molar-refractivity contribution is -0.152. The zero-order chi connectivity index (χ0) is 9.19. The van der Waals surface area contributed by atoms with Gasteiger partial charge >= 0.3 is 5.97 Å². The molecule has 1 rings (SSSR count). The van der Waals surface area contributed by atoms with Crippen LogP contribution >= 0.6 is 11.8 Å². The van der Waals surface area contributed by atoms with Gasteiger partial charge in [-0.15, -0.1) is 0 Å². The first-order chi connectivity index (χ1) is 5.63. The maximum Gasteiger partial charge on any atom is 0.327 e. The molecule has 1 heterocycles. The smallest absolute Gasteiger partial charge is 0.327 e. The fourth-order valence-corrected chi connectivity index (χ4v) is 2.92. The quantitative estimate of drug-likeness (QED) is 0.595. The van der Waals surface area contributed by atoms with Crippen LogP contribution in [0.5, 0.6) is 0 Å². The van der Waals surface area contributed by atoms with Crippen molar-refractivity contribution in [1.29, 1.82) is 0 Å². The highest BCUT2D eigenvalue weighted by Gasteiger charge is 2.44. The zero-order valence-electron chi connectivity index (χ0n) is 7.79. The highest BCUT2D eigenvalue weighted by atomic mass is 32.2. The van der Waals surface area contributed by atoms with Gasteiger partial charge in [-0.1, -0.05) is 0 Å². The van der Waals surface area contributed by atoms with E-state index in [0.29, 0.717) is 0 Å². The monoisotopic (exact) mass is 189 g/mol. The third-order valence-electron chi connectivity index (χ3n) is 2.42. The highest BCUT2D eigenvalue weighted by Crippen LogP contribution is 2.32. The maximum atomic E-state index is 11.5. The Hall–Kier alpha value is -0.220. The van der Waals surface area contributed by atoms with Gasteiger partial charge in [0.1, 0.15) is 5.54 Å². The summed E-state index contributed by atoms with van der Waals surface area (Å²) < 4.78 is 4.80. The van der Waals surface area contributed by atoms with Crippen LogP contribution in [0.2, 0.25) is 0 Å². The molecular weight excluding hydrogens is 174 g/mol. The Morgan fingerprint density at radius 3 is 2.58 bits per heavy atom. The summed E-state index contributed by atoms with van der Waals surface area (Å²) in [6.07, 6.45) is 0.900. The number of esters is 1. The summed E-state index contributed by atoms with van der Waals surface area (Å²) in [7, 11) is 5.32. The summed E-state index contributed by atoms with van der Waals surface area (Å²) in [6, 6.07) is 0. The van der Waals surface area contributed by atoms with Crippen molar-refractivity contribution in [2.75, 3.05) is 32.7 Å². The van der Waals surface area contributed by atoms with Crippen LogP contribution in [0.4, 0.5) is 0 Å². The van der Waals surface area contributed by atoms with E-state index in [4.69, 9.17) is 4.74 Å². The average Bonchev–Trinajstić information content (AvgIpc) is 2.52. The summed E-state index contributed by atoms with van der Waals surface area (Å²) in [5.74, 6) is 1.80. The van der Waals surface area contributed by atoms with E-state index in [-0.39, 0.29) is 11.5 Å². The minimum Gasteiger partial charge on any atom is -0.468 e. The van der Waals surface area contributed by atoms with Gasteiger partial charge in [-0.3, -0.25) is 9.69 Å². The fourth-order valence-electron chi connectivity index (χ4n) is 1.44. The number of hydrogen-bond acceptors (Lipinski definition) is 4. The fraction of sp³-hybridized carbons (Fsp3) is 0.875. The second-order valence-corrected chi connectivity index (χ2v) is 4.33. The molecule has 12 heavy (non-hydrogen) atoms. The lowest BCUT2D eigenvalue weighted by Gasteiger charge is -2.32. The normalized spacial score (nSPS) is 29.3. The predicted octanol–water partition coefficient (Wildman–Crippen LogP) is 0.597. The summed E-state index contributed by atoms with van der Waals surface area (Å²) in [5, 5.41) is 0. The standard InChI is InChI=1S/C8H15NO2S/c1-9(2)8(7(10)11-3)4-5-12-6-8/h4-6H2,1-3H3. The Kier molecular flexibility index (Phi) is 3.01. The molecule has 1 fully saturated rings. The summed E-state index contributed by atoms with van der Waals surface area (Å²) >= 11 is 1.81. The van der Waals surface area contributed by atoms with Crippen LogP contribution in [0, 0.1) is 0 Å². The second kappa shape index (κ2) is 3.66. The van der Waals surface area contributed by atoms with E-state index in [1.54, 1.807) is 0 Å². The van der Waals surface area contributed by atoms with Gasteiger partial charge in [-0.2, -0.15) is 11.8 Å². The molecule has 1 aliphatic rings. The molecular formula is C8H15NO2S. The van der Waals surface area contributed by atoms with Gasteiger partial charge in [0.25, 0.3) is 0 Å². The topological polar surface area (TPSA) is 29.5 Å². The zero-order valence-corrected chi connectivity index (χ0v) is 8.61. The van der Waals surface area contributed by atoms with Crippen LogP contribution in [0.1, 0.15) is 6.42 Å². The molecule has 1 saturated heterocycles. The van der Waals surface area contributed by atoms with Gasteiger partial charge < -0.3 is 4.74 Å². The lowest BCUT2D eigenvalue weighted by Crippen LogP contribution is -2.51. The molecule has 0 N–H and O–H groups in total. The van der Waals surface area contributed by atoms with Crippen LogP contribution in [0.3, 0.4) is 0 Å². The van der Waals surface area contributed by atoms with Crippen molar-refractivity contribution in [1.82, 2.24) is 4.90 Å². The molecule has 0 aromatic heterocycles. The first-order valence-electron chi connectivity index (χ1n) is 3.97. The number of nitrogens with zero attached hydrogens (tertiary/aromatic N) is 1. The third kappa shape index (κ3) is 1.45. The number of ether oxygens (including phenoxy) is 1. The minimum absolute atomic E-state index is 0.0995. The molecule has 0 amide bonds. The van der Waals surface area contributed by atoms with E-state index in [1.165, 1.54) is 7.11 Å². The van der Waals surface area contributed by atoms with Crippen molar-refractivity contribution < 1.29 is 9.53 Å². The van der Waals surface area contributed by atoms with Crippen LogP contribution in [-0.4, -0.2) is 49.1 Å². The largest absolute Gasteiger partial charge is 0.468 e. The molecule has 0 saturated carbocycles. The van der Waals surface area contributed by atoms with Crippen LogP contribution < -0.4 is 0 Å². The van der Waals surface area contributed by atoms with Crippen molar-refractivity contribution in [3.8, 4) is 0 Å². The summed E-state index contributed by atoms with van der Waals surface area (Å²) in [5.41, 5.74) is -0.362. The highest BCUT2D eigenvalue weighted by molar-refractivity contribution is 7.99. The Morgan fingerprint density at radius 2 is 2.25 bits per heavy atom. The molecule has 0 bridgehead atoms. The van der Waals surface area contributed by atoms with E-state index in [1.807, 2.05) is 30.8 Å². The maximum absolute atomic E-state index is 11.5. The van der Waals surface area contributed by atoms with Gasteiger partial charge in [-0.05, 0) is 26.3 Å². The average molecular weight is 189 g/mol. The van der Waals surface area contributed by atoms with Gasteiger partial charge in [0, 0.05) is 5.75 Å². The van der Waals surface area contributed by atoms with Crippen LogP contribution in [0.25, 0.3) is 0 Å². The number of carbonyl (C=O) groups excluding carboxylic acids is 1. The number of thioether (sulfide) groups is 1. The van der Waals surface area contributed by atoms with Gasteiger partial charge in [0.15, 0.2) is 0 Å². The third-order valence-corrected chi connectivity index (χ3v) is 3.60. The molecule has 0 radical (unpaired) electrons. The number of likely N-dealkylation sites (N-methyl/N-ethyl adjacent to an activating group) is 1. The van der Waals surface area contributed by atoms with Gasteiger partial charge in [-0.25, -0.2) is 0 Å². The molecule has 1 atom stereocenters. The molecule has 1 aliphatic heterocycles. The molecule has 0 aliphatic carbocycles. The van der Waals surface area contributed by atoms with Crippen molar-refractivity contribution >= 4 is 17.7 Å². The molecule has 4 heteroatoms. The molecule has 3 nitrogen and oxygen atoms in total. The van der Waals surface area contributed by atoms with Crippen LogP contribution in [0.15, 0.2) is 0 Å². The molecule has 0 aromatic carbocycles. The number of carbonyl (C=O) groups is 1. The Morgan fingerprint density at radius 1 is 1.58 bits per heavy atom. The molecule has 0 aromatic rings. The predicted molar refractivity (Wildman–Crippen MR) is 50.4 cm³/mol. The van der Waals surface area contributed by atoms with Crippen molar-refractivity contribution in [2.24, 2.45) is 0 Å². The second-order valence-electron chi connectivity index (χ2n) is 3.22. The Labute approximate surface area is 77.4 Å². The van der Waals surface area contributed by atoms with E-state index in [9.17, 15) is 4.79 Å². The van der Waals surface area contributed by atoms with E-state index < -0.39 is 0 Å². The Bertz CT molecular complexity index is 176. The number of rotatable bonds is 2. The van der Waals surface area contributed by atoms with Gasteiger partial charge in [0.05, 0.1) is 7.11 Å². The lowest BCUT2D eigenvalue weighted by atomic mass is 9.98. The first kappa shape index (κ1) is 9.86. The van der Waals surface area contributed by atoms with Crippen molar-refractivity contribution in [2.45, 2.75) is 12.0 Å². The van der Waals surface area contributed by atoms with E-state index in [2.05, 4.69) is 0 Å². The molecule has 0 spiro atoms. The minimum atomic E-state index is -0.362. The van der Waals surface area contributed by atoms with Crippen LogP contribution in [-0.2, 0) is 9.53 Å². The Balaban J connectivity index is 2.78. The SMILES string of the molecule is COC(=O)C1(N(C)C)CCSC1. The molecule has 1 unspecified atom stereocenters.